The van der Waals surface area contributed by atoms with E-state index in [4.69, 9.17) is 9.84 Å². The lowest BCUT2D eigenvalue weighted by Gasteiger charge is -2.14. The van der Waals surface area contributed by atoms with Gasteiger partial charge in [0.15, 0.2) is 6.61 Å². The molecule has 0 unspecified atom stereocenters. The van der Waals surface area contributed by atoms with E-state index in [0.717, 1.165) is 24.1 Å². The van der Waals surface area contributed by atoms with Crippen molar-refractivity contribution in [1.29, 1.82) is 0 Å². The van der Waals surface area contributed by atoms with E-state index in [2.05, 4.69) is 28.8 Å². The van der Waals surface area contributed by atoms with Crippen LogP contribution in [0.25, 0.3) is 11.3 Å². The zero-order chi connectivity index (χ0) is 21.6. The second-order valence-electron chi connectivity index (χ2n) is 8.30. The van der Waals surface area contributed by atoms with Crippen molar-refractivity contribution in [2.75, 3.05) is 13.2 Å². The molecule has 1 aromatic carbocycles. The molecule has 6 nitrogen and oxygen atoms in total. The van der Waals surface area contributed by atoms with E-state index in [1.165, 1.54) is 29.7 Å². The van der Waals surface area contributed by atoms with Gasteiger partial charge in [0.1, 0.15) is 5.75 Å². The number of hydrogen-bond acceptors (Lipinski definition) is 4. The van der Waals surface area contributed by atoms with Gasteiger partial charge in [0.25, 0.3) is 5.91 Å². The van der Waals surface area contributed by atoms with Crippen molar-refractivity contribution in [1.82, 2.24) is 20.1 Å². The number of fused-ring (bicyclic) bond motifs is 1. The highest BCUT2D eigenvalue weighted by atomic mass is 16.5. The van der Waals surface area contributed by atoms with Crippen molar-refractivity contribution in [3.05, 3.63) is 65.6 Å². The average molecular weight is 419 g/mol. The second-order valence-corrected chi connectivity index (χ2v) is 8.30. The molecular formula is C25H30N4O2. The van der Waals surface area contributed by atoms with Crippen molar-refractivity contribution in [3.63, 3.8) is 0 Å². The van der Waals surface area contributed by atoms with Crippen molar-refractivity contribution in [3.8, 4) is 17.0 Å². The van der Waals surface area contributed by atoms with Crippen LogP contribution in [0.3, 0.4) is 0 Å². The third kappa shape index (κ3) is 5.13. The van der Waals surface area contributed by atoms with Gasteiger partial charge in [0.2, 0.25) is 0 Å². The Morgan fingerprint density at radius 3 is 2.58 bits per heavy atom. The Labute approximate surface area is 183 Å². The molecule has 0 saturated carbocycles. The maximum absolute atomic E-state index is 12.2. The van der Waals surface area contributed by atoms with Gasteiger partial charge >= 0.3 is 0 Å². The molecule has 31 heavy (non-hydrogen) atoms. The number of nitrogens with one attached hydrogen (secondary N) is 1. The molecule has 4 rings (SSSR count). The molecule has 0 saturated heterocycles. The molecule has 0 aliphatic heterocycles. The quantitative estimate of drug-likeness (QED) is 0.597. The molecule has 3 aromatic rings. The van der Waals surface area contributed by atoms with E-state index in [0.29, 0.717) is 24.8 Å². The van der Waals surface area contributed by atoms with E-state index in [1.807, 2.05) is 36.4 Å². The summed E-state index contributed by atoms with van der Waals surface area (Å²) in [5, 5.41) is 7.83. The topological polar surface area (TPSA) is 69.0 Å². The molecular weight excluding hydrogens is 388 g/mol. The average Bonchev–Trinajstić information content (AvgIpc) is 3.17. The second kappa shape index (κ2) is 9.77. The lowest BCUT2D eigenvalue weighted by atomic mass is 9.94. The van der Waals surface area contributed by atoms with Crippen molar-refractivity contribution < 1.29 is 9.53 Å². The molecule has 1 amide bonds. The van der Waals surface area contributed by atoms with Gasteiger partial charge in [-0.25, -0.2) is 0 Å². The number of nitrogens with zero attached hydrogens (tertiary/aromatic N) is 3. The predicted molar refractivity (Wildman–Crippen MR) is 121 cm³/mol. The van der Waals surface area contributed by atoms with Crippen LogP contribution in [-0.2, 0) is 24.2 Å². The molecule has 162 valence electrons. The summed E-state index contributed by atoms with van der Waals surface area (Å²) in [5.74, 6) is 1.07. The van der Waals surface area contributed by atoms with Crippen LogP contribution in [0.4, 0.5) is 0 Å². The minimum Gasteiger partial charge on any atom is -0.484 e. The number of benzene rings is 1. The van der Waals surface area contributed by atoms with E-state index in [-0.39, 0.29) is 12.5 Å². The van der Waals surface area contributed by atoms with Gasteiger partial charge in [0.05, 0.1) is 12.2 Å². The highest BCUT2D eigenvalue weighted by Crippen LogP contribution is 2.30. The summed E-state index contributed by atoms with van der Waals surface area (Å²) in [5.41, 5.74) is 6.06. The van der Waals surface area contributed by atoms with Crippen LogP contribution >= 0.6 is 0 Å². The first-order valence-electron chi connectivity index (χ1n) is 11.1. The lowest BCUT2D eigenvalue weighted by Crippen LogP contribution is -2.32. The summed E-state index contributed by atoms with van der Waals surface area (Å²) in [6.07, 6.45) is 8.09. The molecule has 0 fully saturated rings. The zero-order valence-electron chi connectivity index (χ0n) is 18.3. The minimum atomic E-state index is -0.122. The standard InChI is InChI=1S/C25H30N4O2/c1-18(2)19-7-9-21(10-8-19)31-17-24(30)27-15-16-29-23-6-4-3-5-22(23)25(28-29)20-11-13-26-14-12-20/h7-14,18H,3-6,15-17H2,1-2H3,(H,27,30). The lowest BCUT2D eigenvalue weighted by molar-refractivity contribution is -0.123. The fourth-order valence-corrected chi connectivity index (χ4v) is 4.05. The van der Waals surface area contributed by atoms with Gasteiger partial charge < -0.3 is 10.1 Å². The van der Waals surface area contributed by atoms with Crippen molar-refractivity contribution in [2.45, 2.75) is 52.0 Å². The number of carbonyl (C=O) groups excluding carboxylic acids is 1. The zero-order valence-corrected chi connectivity index (χ0v) is 18.3. The summed E-state index contributed by atoms with van der Waals surface area (Å²) in [6.45, 7) is 5.50. The van der Waals surface area contributed by atoms with Gasteiger partial charge in [0, 0.05) is 35.8 Å². The first-order valence-corrected chi connectivity index (χ1v) is 11.1. The van der Waals surface area contributed by atoms with Crippen LogP contribution in [0.2, 0.25) is 0 Å². The number of amides is 1. The Bertz CT molecular complexity index is 1010. The van der Waals surface area contributed by atoms with E-state index >= 15 is 0 Å². The van der Waals surface area contributed by atoms with Crippen LogP contribution in [0.1, 0.15) is 49.4 Å². The summed E-state index contributed by atoms with van der Waals surface area (Å²) in [4.78, 5) is 16.3. The maximum atomic E-state index is 12.2. The molecule has 0 bridgehead atoms. The molecule has 1 N–H and O–H groups in total. The highest BCUT2D eigenvalue weighted by molar-refractivity contribution is 5.77. The minimum absolute atomic E-state index is 0.0144. The molecule has 1 aliphatic rings. The monoisotopic (exact) mass is 418 g/mol. The number of ether oxygens (including phenoxy) is 1. The molecule has 2 aromatic heterocycles. The fourth-order valence-electron chi connectivity index (χ4n) is 4.05. The Balaban J connectivity index is 1.32. The predicted octanol–water partition coefficient (Wildman–Crippen LogP) is 4.14. The van der Waals surface area contributed by atoms with Crippen LogP contribution < -0.4 is 10.1 Å². The summed E-state index contributed by atoms with van der Waals surface area (Å²) in [6, 6.07) is 11.9. The van der Waals surface area contributed by atoms with Gasteiger partial charge in [-0.3, -0.25) is 14.5 Å². The summed E-state index contributed by atoms with van der Waals surface area (Å²) >= 11 is 0. The number of carbonyl (C=O) groups is 1. The molecule has 6 heteroatoms. The van der Waals surface area contributed by atoms with Gasteiger partial charge in [-0.05, 0) is 61.4 Å². The first kappa shape index (κ1) is 21.1. The Morgan fingerprint density at radius 1 is 1.10 bits per heavy atom. The van der Waals surface area contributed by atoms with Crippen molar-refractivity contribution >= 4 is 5.91 Å². The number of hydrogen-bond donors (Lipinski definition) is 1. The first-order chi connectivity index (χ1) is 15.1. The van der Waals surface area contributed by atoms with Gasteiger partial charge in [-0.1, -0.05) is 26.0 Å². The molecule has 2 heterocycles. The van der Waals surface area contributed by atoms with Crippen LogP contribution in [0.5, 0.6) is 5.75 Å². The summed E-state index contributed by atoms with van der Waals surface area (Å²) < 4.78 is 7.68. The Hall–Kier alpha value is -3.15. The van der Waals surface area contributed by atoms with Crippen LogP contribution in [0, 0.1) is 0 Å². The maximum Gasteiger partial charge on any atom is 0.258 e. The fraction of sp³-hybridized carbons (Fsp3) is 0.400. The van der Waals surface area contributed by atoms with E-state index in [9.17, 15) is 4.79 Å². The molecule has 0 radical (unpaired) electrons. The molecule has 0 spiro atoms. The highest BCUT2D eigenvalue weighted by Gasteiger charge is 2.21. The van der Waals surface area contributed by atoms with Crippen molar-refractivity contribution in [2.24, 2.45) is 0 Å². The van der Waals surface area contributed by atoms with Crippen LogP contribution in [-0.4, -0.2) is 33.8 Å². The SMILES string of the molecule is CC(C)c1ccc(OCC(=O)NCCn2nc(-c3ccncc3)c3c2CCCC3)cc1. The normalized spacial score (nSPS) is 13.1. The smallest absolute Gasteiger partial charge is 0.258 e. The Morgan fingerprint density at radius 2 is 1.84 bits per heavy atom. The van der Waals surface area contributed by atoms with E-state index in [1.54, 1.807) is 12.4 Å². The summed E-state index contributed by atoms with van der Waals surface area (Å²) in [7, 11) is 0. The third-order valence-corrected chi connectivity index (χ3v) is 5.77. The Kier molecular flexibility index (Phi) is 6.65. The number of aromatic nitrogens is 3. The largest absolute Gasteiger partial charge is 0.484 e. The van der Waals surface area contributed by atoms with E-state index < -0.39 is 0 Å². The van der Waals surface area contributed by atoms with Crippen LogP contribution in [0.15, 0.2) is 48.8 Å². The molecule has 1 aliphatic carbocycles. The number of pyridine rings is 1. The third-order valence-electron chi connectivity index (χ3n) is 5.77. The molecule has 0 atom stereocenters. The van der Waals surface area contributed by atoms with Gasteiger partial charge in [-0.15, -0.1) is 0 Å². The number of rotatable bonds is 8. The van der Waals surface area contributed by atoms with Gasteiger partial charge in [-0.2, -0.15) is 5.10 Å².